The predicted molar refractivity (Wildman–Crippen MR) is 221 cm³/mol. The number of anilines is 1. The number of unbranched alkanes of at least 4 members (excludes halogenated alkanes) is 2. The van der Waals surface area contributed by atoms with Crippen molar-refractivity contribution in [3.05, 3.63) is 36.9 Å². The van der Waals surface area contributed by atoms with Gasteiger partial charge >= 0.3 is 0 Å². The first kappa shape index (κ1) is 45.0. The number of nitriles is 1. The van der Waals surface area contributed by atoms with E-state index >= 15 is 0 Å². The van der Waals surface area contributed by atoms with Crippen LogP contribution in [-0.4, -0.2) is 40.8 Å². The molecule has 0 saturated carbocycles. The fraction of sp³-hybridized carbons (Fsp3) is 0.721. The van der Waals surface area contributed by atoms with Crippen molar-refractivity contribution in [2.24, 2.45) is 28.6 Å². The summed E-state index contributed by atoms with van der Waals surface area (Å²) in [6.07, 6.45) is 13.1. The summed E-state index contributed by atoms with van der Waals surface area (Å²) in [4.78, 5) is 36.9. The smallest absolute Gasteiger partial charge is 0.280 e. The lowest BCUT2D eigenvalue weighted by Gasteiger charge is -2.30. The molecule has 2 rings (SSSR count). The highest BCUT2D eigenvalue weighted by Crippen LogP contribution is 2.36. The van der Waals surface area contributed by atoms with Crippen molar-refractivity contribution in [2.75, 3.05) is 30.0 Å². The minimum Gasteiger partial charge on any atom is -0.492 e. The van der Waals surface area contributed by atoms with E-state index in [0.29, 0.717) is 17.1 Å². The summed E-state index contributed by atoms with van der Waals surface area (Å²) in [5.41, 5.74) is -1.08. The quantitative estimate of drug-likeness (QED) is 0.185. The van der Waals surface area contributed by atoms with E-state index in [1.807, 2.05) is 12.2 Å². The van der Waals surface area contributed by atoms with Gasteiger partial charge in [-0.15, -0.1) is 0 Å². The Kier molecular flexibility index (Phi) is 16.3. The molecule has 0 saturated heterocycles. The van der Waals surface area contributed by atoms with Gasteiger partial charge in [-0.25, -0.2) is 9.99 Å². The lowest BCUT2D eigenvalue weighted by molar-refractivity contribution is -0.127. The second-order valence-corrected chi connectivity index (χ2v) is 19.0. The third kappa shape index (κ3) is 11.4. The first-order valence-electron chi connectivity index (χ1n) is 19.7. The zero-order chi connectivity index (χ0) is 39.8. The van der Waals surface area contributed by atoms with Gasteiger partial charge in [-0.3, -0.25) is 9.59 Å². The number of hydrogen-bond donors (Lipinski definition) is 1. The van der Waals surface area contributed by atoms with Crippen molar-refractivity contribution < 1.29 is 9.90 Å². The topological polar surface area (TPSA) is 102 Å². The number of rotatable bonds is 16. The van der Waals surface area contributed by atoms with Crippen LogP contribution in [0.25, 0.3) is 12.2 Å². The van der Waals surface area contributed by atoms with Crippen molar-refractivity contribution in [1.82, 2.24) is 9.66 Å². The fourth-order valence-electron chi connectivity index (χ4n) is 6.37. The zero-order valence-electron chi connectivity index (χ0n) is 35.4. The van der Waals surface area contributed by atoms with E-state index in [9.17, 15) is 20.0 Å². The molecule has 52 heavy (non-hydrogen) atoms. The Morgan fingerprint density at radius 1 is 0.942 bits per heavy atom. The van der Waals surface area contributed by atoms with Crippen molar-refractivity contribution in [2.45, 2.75) is 154 Å². The second-order valence-electron chi connectivity index (χ2n) is 18.0. The molecule has 1 amide bonds. The summed E-state index contributed by atoms with van der Waals surface area (Å²) in [7, 11) is 1.47. The normalized spacial score (nSPS) is 15.0. The van der Waals surface area contributed by atoms with E-state index in [4.69, 9.17) is 4.98 Å². The Labute approximate surface area is 319 Å². The van der Waals surface area contributed by atoms with Gasteiger partial charge in [0.2, 0.25) is 11.8 Å². The Morgan fingerprint density at radius 2 is 1.46 bits per heavy atom. The number of carbonyl (C=O) groups excluding carboxylic acids is 1. The van der Waals surface area contributed by atoms with Crippen LogP contribution in [0.15, 0.2) is 4.79 Å². The van der Waals surface area contributed by atoms with Crippen LogP contribution in [0.5, 0.6) is 5.88 Å². The highest BCUT2D eigenvalue weighted by molar-refractivity contribution is 7.16. The van der Waals surface area contributed by atoms with Crippen LogP contribution in [0.1, 0.15) is 164 Å². The second kappa shape index (κ2) is 18.8. The van der Waals surface area contributed by atoms with Gasteiger partial charge in [0.25, 0.3) is 5.56 Å². The molecule has 2 heterocycles. The highest BCUT2D eigenvalue weighted by atomic mass is 32.1. The number of hydrogen-bond acceptors (Lipinski definition) is 7. The molecule has 0 radical (unpaired) electrons. The van der Waals surface area contributed by atoms with Crippen molar-refractivity contribution in [1.29, 1.82) is 5.26 Å². The average molecular weight is 738 g/mol. The summed E-state index contributed by atoms with van der Waals surface area (Å²) in [6.45, 7) is 31.0. The summed E-state index contributed by atoms with van der Waals surface area (Å²) in [6, 6.07) is 2.19. The molecular formula is C43H71N5O3S. The van der Waals surface area contributed by atoms with Gasteiger partial charge in [0, 0.05) is 36.2 Å². The first-order valence-corrected chi connectivity index (χ1v) is 20.5. The van der Waals surface area contributed by atoms with E-state index in [0.717, 1.165) is 51.3 Å². The number of thiazole rings is 1. The molecule has 0 fully saturated rings. The van der Waals surface area contributed by atoms with Crippen LogP contribution >= 0.6 is 11.3 Å². The number of amides is 1. The number of pyridine rings is 1. The van der Waals surface area contributed by atoms with Crippen LogP contribution in [-0.2, 0) is 10.2 Å². The van der Waals surface area contributed by atoms with E-state index in [1.54, 1.807) is 32.1 Å². The Bertz CT molecular complexity index is 1690. The molecule has 0 aliphatic rings. The molecular weight excluding hydrogens is 667 g/mol. The Balaban J connectivity index is 3.14. The molecule has 0 bridgehead atoms. The fourth-order valence-corrected chi connectivity index (χ4v) is 7.61. The van der Waals surface area contributed by atoms with Crippen molar-refractivity contribution in [3.8, 4) is 11.9 Å². The first-order chi connectivity index (χ1) is 24.1. The maximum Gasteiger partial charge on any atom is 0.280 e. The molecule has 3 atom stereocenters. The number of carbonyl (C=O) groups is 1. The number of nitrogens with zero attached hydrogens (tertiary/aromatic N) is 5. The number of aromatic nitrogens is 2. The van der Waals surface area contributed by atoms with Crippen LogP contribution in [0.3, 0.4) is 0 Å². The van der Waals surface area contributed by atoms with Gasteiger partial charge in [0.15, 0.2) is 5.13 Å². The number of aromatic hydroxyl groups is 1. The van der Waals surface area contributed by atoms with Gasteiger partial charge < -0.3 is 10.0 Å². The minimum atomic E-state index is -0.834. The monoisotopic (exact) mass is 738 g/mol. The lowest BCUT2D eigenvalue weighted by atomic mass is 9.81. The third-order valence-electron chi connectivity index (χ3n) is 10.5. The van der Waals surface area contributed by atoms with E-state index in [2.05, 4.69) is 87.1 Å². The van der Waals surface area contributed by atoms with E-state index in [1.165, 1.54) is 45.6 Å². The molecule has 0 spiro atoms. The van der Waals surface area contributed by atoms with Crippen LogP contribution < -0.4 is 25.9 Å². The van der Waals surface area contributed by atoms with Crippen LogP contribution in [0.4, 0.5) is 5.13 Å². The molecule has 2 aromatic heterocycles. The SMILES string of the molecule is CCCCC(CC)CN(CC(CC)CCCC)c1nc(C(C)(C)C)c(/C=c2\c(=O)n(N(C)C(=O)C(C)(C)C)c(O)c(C#N)\c2=C/C(C)C(C)(C)C)s1. The lowest BCUT2D eigenvalue weighted by Crippen LogP contribution is -2.55. The van der Waals surface area contributed by atoms with Crippen LogP contribution in [0, 0.1) is 39.9 Å². The van der Waals surface area contributed by atoms with Gasteiger partial charge in [-0.1, -0.05) is 153 Å². The molecule has 2 aromatic rings. The zero-order valence-corrected chi connectivity index (χ0v) is 36.2. The molecule has 9 heteroatoms. The molecule has 0 aliphatic heterocycles. The average Bonchev–Trinajstić information content (AvgIpc) is 3.49. The molecule has 3 unspecified atom stereocenters. The van der Waals surface area contributed by atoms with Gasteiger partial charge in [-0.2, -0.15) is 9.94 Å². The Hall–Kier alpha value is -3.12. The molecule has 292 valence electrons. The van der Waals surface area contributed by atoms with Crippen molar-refractivity contribution in [3.63, 3.8) is 0 Å². The standard InChI is InChI=1S/C43H71N5O3S/c1-16-20-22-30(18-3)27-47(28-31(19-4)23-21-17-2)40-45-36(42(9,10)11)35(52-40)25-33-32(24-29(5)41(6,7)8)34(26-44)38(50)48(37(33)49)46(15)39(51)43(12,13)14/h24-25,29-31,50H,16-23,27-28H2,1-15H3/b32-24-,33-25-. The third-order valence-corrected chi connectivity index (χ3v) is 11.5. The van der Waals surface area contributed by atoms with Gasteiger partial charge in [0.05, 0.1) is 15.8 Å². The molecule has 0 aromatic carbocycles. The minimum absolute atomic E-state index is 0.0393. The molecule has 8 nitrogen and oxygen atoms in total. The summed E-state index contributed by atoms with van der Waals surface area (Å²) >= 11 is 1.60. The summed E-state index contributed by atoms with van der Waals surface area (Å²) < 4.78 is 0.960. The van der Waals surface area contributed by atoms with E-state index in [-0.39, 0.29) is 33.4 Å². The maximum atomic E-state index is 14.7. The van der Waals surface area contributed by atoms with Crippen molar-refractivity contribution >= 4 is 34.5 Å². The predicted octanol–water partition coefficient (Wildman–Crippen LogP) is 8.85. The highest BCUT2D eigenvalue weighted by Gasteiger charge is 2.31. The largest absolute Gasteiger partial charge is 0.492 e. The molecule has 1 N–H and O–H groups in total. The van der Waals surface area contributed by atoms with Gasteiger partial charge in [-0.05, 0) is 42.1 Å². The van der Waals surface area contributed by atoms with Gasteiger partial charge in [0.1, 0.15) is 11.6 Å². The summed E-state index contributed by atoms with van der Waals surface area (Å²) in [5, 5.41) is 24.8. The van der Waals surface area contributed by atoms with Crippen LogP contribution in [0.2, 0.25) is 0 Å². The maximum absolute atomic E-state index is 14.7. The summed E-state index contributed by atoms with van der Waals surface area (Å²) in [5.74, 6) is 0.147. The van der Waals surface area contributed by atoms with E-state index < -0.39 is 16.9 Å². The molecule has 0 aliphatic carbocycles. The Morgan fingerprint density at radius 3 is 1.87 bits per heavy atom.